The quantitative estimate of drug-likeness (QED) is 0.787. The molecule has 1 N–H and O–H groups in total. The van der Waals surface area contributed by atoms with Crippen LogP contribution in [-0.4, -0.2) is 69.6 Å². The lowest BCUT2D eigenvalue weighted by atomic mass is 10.1. The van der Waals surface area contributed by atoms with Gasteiger partial charge in [-0.15, -0.1) is 0 Å². The molecule has 1 fully saturated rings. The van der Waals surface area contributed by atoms with Crippen molar-refractivity contribution in [3.05, 3.63) is 42.0 Å². The van der Waals surface area contributed by atoms with Gasteiger partial charge in [-0.1, -0.05) is 6.07 Å². The molecule has 2 amide bonds. The van der Waals surface area contributed by atoms with Crippen molar-refractivity contribution in [1.82, 2.24) is 24.6 Å². The van der Waals surface area contributed by atoms with Crippen LogP contribution in [0.4, 0.5) is 5.69 Å². The number of amides is 2. The highest BCUT2D eigenvalue weighted by Gasteiger charge is 2.28. The number of aryl methyl sites for hydroxylation is 2. The zero-order chi connectivity index (χ0) is 20.1. The normalized spacial score (nSPS) is 16.6. The van der Waals surface area contributed by atoms with E-state index in [9.17, 15) is 9.59 Å². The van der Waals surface area contributed by atoms with Gasteiger partial charge in [-0.25, -0.2) is 4.98 Å². The highest BCUT2D eigenvalue weighted by Crippen LogP contribution is 2.21. The first kappa shape index (κ1) is 20.0. The van der Waals surface area contributed by atoms with E-state index in [-0.39, 0.29) is 11.8 Å². The minimum Gasteiger partial charge on any atom is -0.337 e. The minimum absolute atomic E-state index is 0.0195. The minimum atomic E-state index is -0.0679. The third-order valence-corrected chi connectivity index (χ3v) is 5.20. The highest BCUT2D eigenvalue weighted by atomic mass is 16.2. The van der Waals surface area contributed by atoms with Crippen LogP contribution in [0, 0.1) is 6.92 Å². The molecular formula is C20H28N6O2. The molecule has 1 aromatic carbocycles. The molecule has 1 saturated heterocycles. The number of likely N-dealkylation sites (tertiary alicyclic amines) is 1. The number of anilines is 1. The van der Waals surface area contributed by atoms with E-state index < -0.39 is 0 Å². The maximum Gasteiger partial charge on any atom is 0.253 e. The van der Waals surface area contributed by atoms with Crippen molar-refractivity contribution in [2.75, 3.05) is 32.5 Å². The Labute approximate surface area is 165 Å². The van der Waals surface area contributed by atoms with E-state index >= 15 is 0 Å². The van der Waals surface area contributed by atoms with E-state index in [1.807, 2.05) is 38.1 Å². The lowest BCUT2D eigenvalue weighted by Crippen LogP contribution is -2.34. The number of aromatic nitrogens is 3. The van der Waals surface area contributed by atoms with Crippen LogP contribution in [0.5, 0.6) is 0 Å². The molecule has 8 nitrogen and oxygen atoms in total. The van der Waals surface area contributed by atoms with Crippen LogP contribution in [0.3, 0.4) is 0 Å². The smallest absolute Gasteiger partial charge is 0.253 e. The van der Waals surface area contributed by atoms with Crippen LogP contribution >= 0.6 is 0 Å². The largest absolute Gasteiger partial charge is 0.337 e. The molecule has 2 aromatic rings. The van der Waals surface area contributed by atoms with Crippen molar-refractivity contribution >= 4 is 17.5 Å². The first-order valence-corrected chi connectivity index (χ1v) is 9.62. The molecule has 8 heteroatoms. The molecule has 1 aliphatic heterocycles. The van der Waals surface area contributed by atoms with Gasteiger partial charge in [0.25, 0.3) is 5.91 Å². The summed E-state index contributed by atoms with van der Waals surface area (Å²) in [5.74, 6) is -0.0484. The van der Waals surface area contributed by atoms with Gasteiger partial charge in [-0.3, -0.25) is 14.3 Å². The summed E-state index contributed by atoms with van der Waals surface area (Å²) in [7, 11) is 4.09. The molecular weight excluding hydrogens is 356 g/mol. The summed E-state index contributed by atoms with van der Waals surface area (Å²) in [6.07, 6.45) is 5.16. The van der Waals surface area contributed by atoms with Crippen molar-refractivity contribution in [2.24, 2.45) is 0 Å². The summed E-state index contributed by atoms with van der Waals surface area (Å²) < 4.78 is 1.70. The summed E-state index contributed by atoms with van der Waals surface area (Å²) >= 11 is 0. The molecule has 0 bridgehead atoms. The fourth-order valence-electron chi connectivity index (χ4n) is 3.38. The van der Waals surface area contributed by atoms with E-state index in [0.29, 0.717) is 36.7 Å². The van der Waals surface area contributed by atoms with Crippen LogP contribution < -0.4 is 5.32 Å². The SMILES string of the molecule is Cc1ccc(C(=O)N2CCC(N(C)C)C2)cc1NC(=O)CCCn1cncn1. The van der Waals surface area contributed by atoms with Crippen molar-refractivity contribution in [2.45, 2.75) is 38.8 Å². The number of benzene rings is 1. The molecule has 0 spiro atoms. The van der Waals surface area contributed by atoms with Crippen molar-refractivity contribution in [3.8, 4) is 0 Å². The van der Waals surface area contributed by atoms with Gasteiger partial charge in [-0.2, -0.15) is 5.10 Å². The van der Waals surface area contributed by atoms with Crippen LogP contribution in [0.15, 0.2) is 30.9 Å². The van der Waals surface area contributed by atoms with Gasteiger partial charge >= 0.3 is 0 Å². The number of hydrogen-bond acceptors (Lipinski definition) is 5. The Kier molecular flexibility index (Phi) is 6.41. The molecule has 0 saturated carbocycles. The first-order chi connectivity index (χ1) is 13.4. The summed E-state index contributed by atoms with van der Waals surface area (Å²) in [5.41, 5.74) is 2.25. The van der Waals surface area contributed by atoms with Crippen molar-refractivity contribution < 1.29 is 9.59 Å². The summed E-state index contributed by atoms with van der Waals surface area (Å²) in [5, 5.41) is 6.96. The number of carbonyl (C=O) groups excluding carboxylic acids is 2. The number of nitrogens with one attached hydrogen (secondary N) is 1. The Bertz CT molecular complexity index is 818. The van der Waals surface area contributed by atoms with Gasteiger partial charge in [0.15, 0.2) is 0 Å². The number of nitrogens with zero attached hydrogens (tertiary/aromatic N) is 5. The second kappa shape index (κ2) is 8.97. The fraction of sp³-hybridized carbons (Fsp3) is 0.500. The summed E-state index contributed by atoms with van der Waals surface area (Å²) in [4.78, 5) is 33.1. The Balaban J connectivity index is 1.58. The zero-order valence-corrected chi connectivity index (χ0v) is 16.8. The molecule has 2 heterocycles. The Morgan fingerprint density at radius 2 is 2.14 bits per heavy atom. The molecule has 150 valence electrons. The molecule has 0 radical (unpaired) electrons. The molecule has 1 aromatic heterocycles. The molecule has 28 heavy (non-hydrogen) atoms. The predicted octanol–water partition coefficient (Wildman–Crippen LogP) is 1.78. The average Bonchev–Trinajstić information content (AvgIpc) is 3.35. The van der Waals surface area contributed by atoms with Gasteiger partial charge in [0.05, 0.1) is 0 Å². The van der Waals surface area contributed by atoms with Crippen LogP contribution in [0.25, 0.3) is 0 Å². The monoisotopic (exact) mass is 384 g/mol. The van der Waals surface area contributed by atoms with E-state index in [0.717, 1.165) is 25.1 Å². The topological polar surface area (TPSA) is 83.4 Å². The van der Waals surface area contributed by atoms with Crippen LogP contribution in [0.2, 0.25) is 0 Å². The van der Waals surface area contributed by atoms with Gasteiger partial charge < -0.3 is 15.1 Å². The van der Waals surface area contributed by atoms with Gasteiger partial charge in [0.1, 0.15) is 12.7 Å². The van der Waals surface area contributed by atoms with Crippen LogP contribution in [-0.2, 0) is 11.3 Å². The third kappa shape index (κ3) is 4.95. The van der Waals surface area contributed by atoms with E-state index in [1.54, 1.807) is 17.1 Å². The lowest BCUT2D eigenvalue weighted by Gasteiger charge is -2.21. The van der Waals surface area contributed by atoms with Crippen molar-refractivity contribution in [3.63, 3.8) is 0 Å². The first-order valence-electron chi connectivity index (χ1n) is 9.62. The Hall–Kier alpha value is -2.74. The van der Waals surface area contributed by atoms with Gasteiger partial charge in [0, 0.05) is 43.3 Å². The maximum absolute atomic E-state index is 12.8. The molecule has 1 atom stereocenters. The lowest BCUT2D eigenvalue weighted by molar-refractivity contribution is -0.116. The second-order valence-electron chi connectivity index (χ2n) is 7.50. The number of likely N-dealkylation sites (N-methyl/N-ethyl adjacent to an activating group) is 1. The summed E-state index contributed by atoms with van der Waals surface area (Å²) in [6.45, 7) is 4.08. The standard InChI is InChI=1S/C20H28N6O2/c1-15-6-7-16(20(28)25-10-8-17(12-25)24(2)3)11-18(15)23-19(27)5-4-9-26-14-21-13-22-26/h6-7,11,13-14,17H,4-5,8-10,12H2,1-3H3,(H,23,27). The Morgan fingerprint density at radius 1 is 1.32 bits per heavy atom. The van der Waals surface area contributed by atoms with Gasteiger partial charge in [-0.05, 0) is 51.6 Å². The number of carbonyl (C=O) groups is 2. The van der Waals surface area contributed by atoms with E-state index in [2.05, 4.69) is 20.3 Å². The molecule has 3 rings (SSSR count). The fourth-order valence-corrected chi connectivity index (χ4v) is 3.38. The highest BCUT2D eigenvalue weighted by molar-refractivity contribution is 5.98. The molecule has 1 unspecified atom stereocenters. The predicted molar refractivity (Wildman–Crippen MR) is 107 cm³/mol. The Morgan fingerprint density at radius 3 is 2.82 bits per heavy atom. The van der Waals surface area contributed by atoms with E-state index in [4.69, 9.17) is 0 Å². The average molecular weight is 384 g/mol. The van der Waals surface area contributed by atoms with Gasteiger partial charge in [0.2, 0.25) is 5.91 Å². The second-order valence-corrected chi connectivity index (χ2v) is 7.50. The molecule has 1 aliphatic rings. The third-order valence-electron chi connectivity index (χ3n) is 5.20. The van der Waals surface area contributed by atoms with Crippen LogP contribution in [0.1, 0.15) is 35.2 Å². The van der Waals surface area contributed by atoms with E-state index in [1.165, 1.54) is 6.33 Å². The zero-order valence-electron chi connectivity index (χ0n) is 16.8. The number of hydrogen-bond donors (Lipinski definition) is 1. The number of rotatable bonds is 7. The summed E-state index contributed by atoms with van der Waals surface area (Å²) in [6, 6.07) is 5.91. The van der Waals surface area contributed by atoms with Crippen molar-refractivity contribution in [1.29, 1.82) is 0 Å². The molecule has 0 aliphatic carbocycles. The maximum atomic E-state index is 12.8.